The zero-order valence-electron chi connectivity index (χ0n) is 7.54. The summed E-state index contributed by atoms with van der Waals surface area (Å²) in [5.41, 5.74) is 0.684. The first kappa shape index (κ1) is 8.29. The first-order valence-corrected chi connectivity index (χ1v) is 4.36. The molecule has 1 aromatic rings. The van der Waals surface area contributed by atoms with Crippen LogP contribution >= 0.6 is 0 Å². The molecule has 13 heavy (non-hydrogen) atoms. The second-order valence-electron chi connectivity index (χ2n) is 3.87. The van der Waals surface area contributed by atoms with Gasteiger partial charge in [0.05, 0.1) is 0 Å². The van der Waals surface area contributed by atoms with Crippen LogP contribution in [0.1, 0.15) is 30.3 Å². The lowest BCUT2D eigenvalue weighted by molar-refractivity contribution is 0.0941. The van der Waals surface area contributed by atoms with Crippen LogP contribution in [0.2, 0.25) is 0 Å². The van der Waals surface area contributed by atoms with E-state index in [0.29, 0.717) is 11.1 Å². The number of amides is 1. The van der Waals surface area contributed by atoms with Crippen molar-refractivity contribution in [1.29, 1.82) is 0 Å². The van der Waals surface area contributed by atoms with Crippen molar-refractivity contribution in [3.63, 3.8) is 0 Å². The van der Waals surface area contributed by atoms with E-state index in [9.17, 15) is 4.79 Å². The van der Waals surface area contributed by atoms with Gasteiger partial charge in [0.1, 0.15) is 6.26 Å². The molecule has 1 saturated carbocycles. The van der Waals surface area contributed by atoms with E-state index in [1.807, 2.05) is 0 Å². The molecule has 1 aliphatic carbocycles. The Hall–Kier alpha value is -1.32. The normalized spacial score (nSPS) is 18.2. The molecule has 1 aromatic heterocycles. The molecular formula is C9H12N2O2. The standard InChI is InChI=1S/C9H12N2O2/c1-9(2-3-9)5-10-8(12)7-4-13-6-11-7/h4,6H,2-3,5H2,1H3,(H,10,12). The highest BCUT2D eigenvalue weighted by molar-refractivity contribution is 5.91. The van der Waals surface area contributed by atoms with E-state index >= 15 is 0 Å². The van der Waals surface area contributed by atoms with Crippen LogP contribution in [-0.4, -0.2) is 17.4 Å². The Morgan fingerprint density at radius 2 is 2.54 bits per heavy atom. The molecule has 4 nitrogen and oxygen atoms in total. The highest BCUT2D eigenvalue weighted by atomic mass is 16.3. The Morgan fingerprint density at radius 3 is 3.08 bits per heavy atom. The monoisotopic (exact) mass is 180 g/mol. The summed E-state index contributed by atoms with van der Waals surface area (Å²) in [5, 5.41) is 2.83. The molecule has 1 fully saturated rings. The summed E-state index contributed by atoms with van der Waals surface area (Å²) < 4.78 is 4.71. The fraction of sp³-hybridized carbons (Fsp3) is 0.556. The predicted octanol–water partition coefficient (Wildman–Crippen LogP) is 1.20. The number of hydrogen-bond donors (Lipinski definition) is 1. The van der Waals surface area contributed by atoms with Crippen LogP contribution in [0.4, 0.5) is 0 Å². The third-order valence-corrected chi connectivity index (χ3v) is 2.44. The van der Waals surface area contributed by atoms with Crippen molar-refractivity contribution < 1.29 is 9.21 Å². The van der Waals surface area contributed by atoms with Gasteiger partial charge in [-0.2, -0.15) is 0 Å². The molecule has 0 aliphatic heterocycles. The van der Waals surface area contributed by atoms with Gasteiger partial charge in [-0.05, 0) is 18.3 Å². The Morgan fingerprint density at radius 1 is 1.77 bits per heavy atom. The number of carbonyl (C=O) groups is 1. The summed E-state index contributed by atoms with van der Waals surface area (Å²) in [6.07, 6.45) is 5.01. The van der Waals surface area contributed by atoms with Crippen LogP contribution in [0.15, 0.2) is 17.1 Å². The van der Waals surface area contributed by atoms with Crippen molar-refractivity contribution in [1.82, 2.24) is 10.3 Å². The summed E-state index contributed by atoms with van der Waals surface area (Å²) >= 11 is 0. The van der Waals surface area contributed by atoms with Crippen molar-refractivity contribution >= 4 is 5.91 Å². The lowest BCUT2D eigenvalue weighted by Crippen LogP contribution is -2.29. The van der Waals surface area contributed by atoms with E-state index in [1.54, 1.807) is 0 Å². The zero-order chi connectivity index (χ0) is 9.31. The lowest BCUT2D eigenvalue weighted by Gasteiger charge is -2.07. The van der Waals surface area contributed by atoms with Crippen molar-refractivity contribution in [2.75, 3.05) is 6.54 Å². The van der Waals surface area contributed by atoms with Gasteiger partial charge in [-0.25, -0.2) is 4.98 Å². The van der Waals surface area contributed by atoms with E-state index in [1.165, 1.54) is 25.5 Å². The smallest absolute Gasteiger partial charge is 0.273 e. The summed E-state index contributed by atoms with van der Waals surface area (Å²) in [5.74, 6) is -0.151. The van der Waals surface area contributed by atoms with Crippen molar-refractivity contribution in [2.24, 2.45) is 5.41 Å². The second kappa shape index (κ2) is 2.87. The molecule has 0 unspecified atom stereocenters. The van der Waals surface area contributed by atoms with Crippen LogP contribution in [0, 0.1) is 5.41 Å². The van der Waals surface area contributed by atoms with Gasteiger partial charge in [0.15, 0.2) is 12.1 Å². The number of nitrogens with one attached hydrogen (secondary N) is 1. The zero-order valence-corrected chi connectivity index (χ0v) is 7.54. The summed E-state index contributed by atoms with van der Waals surface area (Å²) in [4.78, 5) is 15.1. The number of hydrogen-bond acceptors (Lipinski definition) is 3. The topological polar surface area (TPSA) is 55.1 Å². The SMILES string of the molecule is CC1(CNC(=O)c2cocn2)CC1. The molecule has 0 bridgehead atoms. The van der Waals surface area contributed by atoms with Crippen LogP contribution in [-0.2, 0) is 0 Å². The van der Waals surface area contributed by atoms with E-state index in [2.05, 4.69) is 17.2 Å². The predicted molar refractivity (Wildman–Crippen MR) is 46.2 cm³/mol. The highest BCUT2D eigenvalue weighted by Gasteiger charge is 2.37. The summed E-state index contributed by atoms with van der Waals surface area (Å²) in [6.45, 7) is 2.90. The Labute approximate surface area is 76.3 Å². The first-order chi connectivity index (χ1) is 6.20. The van der Waals surface area contributed by atoms with Gasteiger partial charge in [-0.15, -0.1) is 0 Å². The molecule has 4 heteroatoms. The maximum Gasteiger partial charge on any atom is 0.273 e. The third kappa shape index (κ3) is 1.88. The molecule has 0 atom stereocenters. The van der Waals surface area contributed by atoms with Gasteiger partial charge in [-0.3, -0.25) is 4.79 Å². The molecule has 0 radical (unpaired) electrons. The van der Waals surface area contributed by atoms with Gasteiger partial charge in [0, 0.05) is 6.54 Å². The van der Waals surface area contributed by atoms with E-state index in [-0.39, 0.29) is 5.91 Å². The molecule has 70 valence electrons. The highest BCUT2D eigenvalue weighted by Crippen LogP contribution is 2.44. The molecular weight excluding hydrogens is 168 g/mol. The van der Waals surface area contributed by atoms with Crippen LogP contribution in [0.25, 0.3) is 0 Å². The van der Waals surface area contributed by atoms with Gasteiger partial charge in [0.2, 0.25) is 0 Å². The number of aromatic nitrogens is 1. The molecule has 0 saturated heterocycles. The summed E-state index contributed by atoms with van der Waals surface area (Å²) in [7, 11) is 0. The Bertz CT molecular complexity index is 301. The molecule has 1 N–H and O–H groups in total. The minimum absolute atomic E-state index is 0.151. The average molecular weight is 180 g/mol. The van der Waals surface area contributed by atoms with E-state index < -0.39 is 0 Å². The van der Waals surface area contributed by atoms with Crippen molar-refractivity contribution in [2.45, 2.75) is 19.8 Å². The molecule has 0 spiro atoms. The summed E-state index contributed by atoms with van der Waals surface area (Å²) in [6, 6.07) is 0. The van der Waals surface area contributed by atoms with Crippen molar-refractivity contribution in [3.05, 3.63) is 18.4 Å². The van der Waals surface area contributed by atoms with E-state index in [0.717, 1.165) is 6.54 Å². The minimum atomic E-state index is -0.151. The second-order valence-corrected chi connectivity index (χ2v) is 3.87. The van der Waals surface area contributed by atoms with E-state index in [4.69, 9.17) is 4.42 Å². The molecule has 1 amide bonds. The van der Waals surface area contributed by atoms with Gasteiger partial charge < -0.3 is 9.73 Å². The van der Waals surface area contributed by atoms with Crippen LogP contribution in [0.5, 0.6) is 0 Å². The number of oxazole rings is 1. The maximum absolute atomic E-state index is 11.3. The molecule has 1 heterocycles. The lowest BCUT2D eigenvalue weighted by atomic mass is 10.1. The molecule has 0 aromatic carbocycles. The number of nitrogens with zero attached hydrogens (tertiary/aromatic N) is 1. The third-order valence-electron chi connectivity index (χ3n) is 2.44. The first-order valence-electron chi connectivity index (χ1n) is 4.36. The Kier molecular flexibility index (Phi) is 1.83. The fourth-order valence-electron chi connectivity index (χ4n) is 1.10. The minimum Gasteiger partial charge on any atom is -0.451 e. The fourth-order valence-corrected chi connectivity index (χ4v) is 1.10. The molecule has 2 rings (SSSR count). The van der Waals surface area contributed by atoms with Crippen LogP contribution in [0.3, 0.4) is 0 Å². The quantitative estimate of drug-likeness (QED) is 0.760. The number of carbonyl (C=O) groups excluding carboxylic acids is 1. The van der Waals surface area contributed by atoms with Gasteiger partial charge in [-0.1, -0.05) is 6.92 Å². The largest absolute Gasteiger partial charge is 0.451 e. The van der Waals surface area contributed by atoms with Gasteiger partial charge >= 0.3 is 0 Å². The van der Waals surface area contributed by atoms with Gasteiger partial charge in [0.25, 0.3) is 5.91 Å². The average Bonchev–Trinajstić information content (AvgIpc) is 2.69. The Balaban J connectivity index is 1.85. The molecule has 1 aliphatic rings. The van der Waals surface area contributed by atoms with Crippen molar-refractivity contribution in [3.8, 4) is 0 Å². The number of rotatable bonds is 3. The van der Waals surface area contributed by atoms with Crippen LogP contribution < -0.4 is 5.32 Å². The maximum atomic E-state index is 11.3.